The van der Waals surface area contributed by atoms with Gasteiger partial charge >= 0.3 is 0 Å². The summed E-state index contributed by atoms with van der Waals surface area (Å²) in [6, 6.07) is 1.70. The molecule has 0 aliphatic carbocycles. The normalized spacial score (nSPS) is 19.1. The summed E-state index contributed by atoms with van der Waals surface area (Å²) >= 11 is 0. The number of fused-ring (bicyclic) bond motifs is 1. The van der Waals surface area contributed by atoms with Crippen molar-refractivity contribution in [2.45, 2.75) is 13.0 Å². The van der Waals surface area contributed by atoms with E-state index in [9.17, 15) is 4.79 Å². The van der Waals surface area contributed by atoms with Crippen molar-refractivity contribution in [2.75, 3.05) is 19.6 Å². The lowest BCUT2D eigenvalue weighted by Crippen LogP contribution is -2.24. The lowest BCUT2D eigenvalue weighted by molar-refractivity contribution is 0.510. The number of nitrogens with one attached hydrogen (secondary N) is 3. The molecule has 6 heteroatoms. The number of pyridine rings is 1. The summed E-state index contributed by atoms with van der Waals surface area (Å²) in [6.45, 7) is 3.79. The topological polar surface area (TPSA) is 82.7 Å². The lowest BCUT2D eigenvalue weighted by atomic mass is 10.1. The second-order valence-corrected chi connectivity index (χ2v) is 4.88. The van der Waals surface area contributed by atoms with E-state index < -0.39 is 0 Å². The highest BCUT2D eigenvalue weighted by Crippen LogP contribution is 2.10. The van der Waals surface area contributed by atoms with Gasteiger partial charge < -0.3 is 15.6 Å². The van der Waals surface area contributed by atoms with Gasteiger partial charge in [0.2, 0.25) is 0 Å². The first kappa shape index (κ1) is 12.3. The summed E-state index contributed by atoms with van der Waals surface area (Å²) in [5, 5.41) is 7.34. The van der Waals surface area contributed by atoms with Crippen LogP contribution in [-0.4, -0.2) is 34.6 Å². The standard InChI is InChI=1S/C13H17N5O/c19-13-10-2-4-16-11(12(10)17-8-18-13)7-15-6-9-1-3-14-5-9/h2,4,8-9,14-15H,1,3,5-7H2,(H,17,18,19). The van der Waals surface area contributed by atoms with Gasteiger partial charge in [0.05, 0.1) is 17.4 Å². The van der Waals surface area contributed by atoms with Crippen molar-refractivity contribution in [2.24, 2.45) is 5.92 Å². The highest BCUT2D eigenvalue weighted by atomic mass is 16.1. The largest absolute Gasteiger partial charge is 0.316 e. The van der Waals surface area contributed by atoms with Crippen LogP contribution in [0.4, 0.5) is 0 Å². The van der Waals surface area contributed by atoms with E-state index in [0.29, 0.717) is 23.4 Å². The first-order valence-electron chi connectivity index (χ1n) is 6.57. The molecule has 0 radical (unpaired) electrons. The maximum atomic E-state index is 11.7. The molecule has 3 rings (SSSR count). The van der Waals surface area contributed by atoms with Gasteiger partial charge in [-0.15, -0.1) is 0 Å². The molecular formula is C13H17N5O. The van der Waals surface area contributed by atoms with E-state index in [1.165, 1.54) is 12.7 Å². The SMILES string of the molecule is O=c1[nH]cnc2c(CNCC3CCNC3)nccc12. The van der Waals surface area contributed by atoms with Gasteiger partial charge in [-0.3, -0.25) is 9.78 Å². The maximum Gasteiger partial charge on any atom is 0.258 e. The second kappa shape index (κ2) is 5.46. The van der Waals surface area contributed by atoms with Crippen molar-refractivity contribution < 1.29 is 0 Å². The monoisotopic (exact) mass is 259 g/mol. The fourth-order valence-electron chi connectivity index (χ4n) is 2.47. The quantitative estimate of drug-likeness (QED) is 0.721. The molecule has 1 unspecified atom stereocenters. The molecule has 0 aromatic carbocycles. The van der Waals surface area contributed by atoms with Gasteiger partial charge in [0, 0.05) is 12.7 Å². The smallest absolute Gasteiger partial charge is 0.258 e. The molecule has 0 saturated carbocycles. The molecule has 1 aliphatic heterocycles. The average Bonchev–Trinajstić information content (AvgIpc) is 2.93. The molecule has 19 heavy (non-hydrogen) atoms. The number of hydrogen-bond acceptors (Lipinski definition) is 5. The molecule has 0 bridgehead atoms. The molecule has 6 nitrogen and oxygen atoms in total. The Morgan fingerprint density at radius 2 is 2.37 bits per heavy atom. The summed E-state index contributed by atoms with van der Waals surface area (Å²) in [4.78, 5) is 22.8. The van der Waals surface area contributed by atoms with Crippen LogP contribution in [0.5, 0.6) is 0 Å². The van der Waals surface area contributed by atoms with Crippen molar-refractivity contribution in [1.29, 1.82) is 0 Å². The summed E-state index contributed by atoms with van der Waals surface area (Å²) in [5.41, 5.74) is 1.39. The summed E-state index contributed by atoms with van der Waals surface area (Å²) in [5.74, 6) is 0.686. The Kier molecular flexibility index (Phi) is 3.52. The van der Waals surface area contributed by atoms with Crippen LogP contribution >= 0.6 is 0 Å². The number of rotatable bonds is 4. The summed E-state index contributed by atoms with van der Waals surface area (Å²) in [6.07, 6.45) is 4.30. The van der Waals surface area contributed by atoms with Gasteiger partial charge in [-0.25, -0.2) is 4.98 Å². The molecule has 100 valence electrons. The van der Waals surface area contributed by atoms with Gasteiger partial charge in [0.1, 0.15) is 5.52 Å². The third-order valence-corrected chi connectivity index (χ3v) is 3.52. The minimum absolute atomic E-state index is 0.117. The summed E-state index contributed by atoms with van der Waals surface area (Å²) < 4.78 is 0. The zero-order valence-electron chi connectivity index (χ0n) is 10.6. The Hall–Kier alpha value is -1.79. The van der Waals surface area contributed by atoms with E-state index in [-0.39, 0.29) is 5.56 Å². The van der Waals surface area contributed by atoms with Crippen LogP contribution in [0.1, 0.15) is 12.1 Å². The van der Waals surface area contributed by atoms with Gasteiger partial charge in [-0.05, 0) is 38.0 Å². The first-order chi connectivity index (χ1) is 9.34. The Bertz CT molecular complexity index is 618. The molecule has 1 fully saturated rings. The van der Waals surface area contributed by atoms with E-state index in [2.05, 4.69) is 25.6 Å². The Morgan fingerprint density at radius 3 is 3.21 bits per heavy atom. The predicted octanol–water partition coefficient (Wildman–Crippen LogP) is 0.0172. The maximum absolute atomic E-state index is 11.7. The molecular weight excluding hydrogens is 242 g/mol. The molecule has 3 heterocycles. The number of aromatic nitrogens is 3. The number of hydrogen-bond donors (Lipinski definition) is 3. The van der Waals surface area contributed by atoms with Crippen LogP contribution in [0.15, 0.2) is 23.4 Å². The van der Waals surface area contributed by atoms with Crippen molar-refractivity contribution in [3.05, 3.63) is 34.6 Å². The minimum Gasteiger partial charge on any atom is -0.316 e. The Morgan fingerprint density at radius 1 is 1.42 bits per heavy atom. The Balaban J connectivity index is 1.73. The number of H-pyrrole nitrogens is 1. The molecule has 2 aromatic rings. The fraction of sp³-hybridized carbons (Fsp3) is 0.462. The van der Waals surface area contributed by atoms with Gasteiger partial charge in [0.25, 0.3) is 5.56 Å². The van der Waals surface area contributed by atoms with Crippen molar-refractivity contribution in [3.63, 3.8) is 0 Å². The Labute approximate surface area is 110 Å². The summed E-state index contributed by atoms with van der Waals surface area (Å²) in [7, 11) is 0. The molecule has 3 N–H and O–H groups in total. The van der Waals surface area contributed by atoms with Crippen LogP contribution in [0.2, 0.25) is 0 Å². The molecule has 1 saturated heterocycles. The predicted molar refractivity (Wildman–Crippen MR) is 72.8 cm³/mol. The van der Waals surface area contributed by atoms with Crippen LogP contribution in [0.3, 0.4) is 0 Å². The highest BCUT2D eigenvalue weighted by molar-refractivity contribution is 5.78. The number of nitrogens with zero attached hydrogens (tertiary/aromatic N) is 2. The molecule has 1 atom stereocenters. The molecule has 0 amide bonds. The highest BCUT2D eigenvalue weighted by Gasteiger charge is 2.14. The van der Waals surface area contributed by atoms with Crippen LogP contribution < -0.4 is 16.2 Å². The second-order valence-electron chi connectivity index (χ2n) is 4.88. The van der Waals surface area contributed by atoms with Gasteiger partial charge in [-0.2, -0.15) is 0 Å². The third kappa shape index (κ3) is 2.64. The van der Waals surface area contributed by atoms with E-state index >= 15 is 0 Å². The van der Waals surface area contributed by atoms with Crippen molar-refractivity contribution in [1.82, 2.24) is 25.6 Å². The van der Waals surface area contributed by atoms with Crippen LogP contribution in [0, 0.1) is 5.92 Å². The van der Waals surface area contributed by atoms with Gasteiger partial charge in [-0.1, -0.05) is 0 Å². The van der Waals surface area contributed by atoms with Gasteiger partial charge in [0.15, 0.2) is 0 Å². The van der Waals surface area contributed by atoms with Crippen LogP contribution in [0.25, 0.3) is 10.9 Å². The van der Waals surface area contributed by atoms with Crippen molar-refractivity contribution in [3.8, 4) is 0 Å². The molecule has 2 aromatic heterocycles. The average molecular weight is 259 g/mol. The zero-order valence-corrected chi connectivity index (χ0v) is 10.6. The third-order valence-electron chi connectivity index (χ3n) is 3.52. The zero-order chi connectivity index (χ0) is 13.1. The minimum atomic E-state index is -0.117. The van der Waals surface area contributed by atoms with E-state index in [1.54, 1.807) is 12.3 Å². The van der Waals surface area contributed by atoms with Crippen molar-refractivity contribution >= 4 is 10.9 Å². The van der Waals surface area contributed by atoms with Crippen LogP contribution in [-0.2, 0) is 6.54 Å². The lowest BCUT2D eigenvalue weighted by Gasteiger charge is -2.10. The molecule has 1 aliphatic rings. The van der Waals surface area contributed by atoms with E-state index in [4.69, 9.17) is 0 Å². The van der Waals surface area contributed by atoms with E-state index in [1.807, 2.05) is 0 Å². The number of aromatic amines is 1. The fourth-order valence-corrected chi connectivity index (χ4v) is 2.47. The first-order valence-corrected chi connectivity index (χ1v) is 6.57. The molecule has 0 spiro atoms. The van der Waals surface area contributed by atoms with E-state index in [0.717, 1.165) is 25.3 Å².